The van der Waals surface area contributed by atoms with Gasteiger partial charge in [-0.05, 0) is 42.0 Å². The lowest BCUT2D eigenvalue weighted by Crippen LogP contribution is -2.12. The summed E-state index contributed by atoms with van der Waals surface area (Å²) in [5.74, 6) is -1.73. The van der Waals surface area contributed by atoms with Crippen LogP contribution in [0.25, 0.3) is 0 Å². The molecule has 2 N–H and O–H groups in total. The molecule has 2 aromatic carbocycles. The number of carboxylic acid groups (broad SMARTS) is 1. The molecule has 2 aromatic rings. The van der Waals surface area contributed by atoms with Crippen molar-refractivity contribution in [2.45, 2.75) is 6.42 Å². The lowest BCUT2D eigenvalue weighted by Gasteiger charge is -2.06. The Balaban J connectivity index is 2.11. The molecule has 0 radical (unpaired) electrons. The van der Waals surface area contributed by atoms with Crippen LogP contribution in [0.4, 0.5) is 10.1 Å². The number of hydrogen-bond donors (Lipinski definition) is 2. The summed E-state index contributed by atoms with van der Waals surface area (Å²) < 4.78 is 12.8. The molecule has 0 aliphatic heterocycles. The lowest BCUT2D eigenvalue weighted by atomic mass is 10.1. The Kier molecular flexibility index (Phi) is 4.10. The Labute approximate surface area is 114 Å². The van der Waals surface area contributed by atoms with Crippen LogP contribution in [0.1, 0.15) is 15.9 Å². The molecule has 0 spiro atoms. The zero-order chi connectivity index (χ0) is 14.5. The van der Waals surface area contributed by atoms with Gasteiger partial charge in [0.1, 0.15) is 5.82 Å². The van der Waals surface area contributed by atoms with Gasteiger partial charge in [-0.15, -0.1) is 0 Å². The number of carbonyl (C=O) groups is 2. The highest BCUT2D eigenvalue weighted by atomic mass is 19.1. The van der Waals surface area contributed by atoms with E-state index in [4.69, 9.17) is 5.11 Å². The van der Waals surface area contributed by atoms with Crippen molar-refractivity contribution >= 4 is 17.6 Å². The number of hydrogen-bond acceptors (Lipinski definition) is 2. The third kappa shape index (κ3) is 3.65. The first-order valence-electron chi connectivity index (χ1n) is 5.92. The van der Waals surface area contributed by atoms with E-state index >= 15 is 0 Å². The van der Waals surface area contributed by atoms with Crippen molar-refractivity contribution < 1.29 is 19.1 Å². The van der Waals surface area contributed by atoms with E-state index in [2.05, 4.69) is 5.32 Å². The number of rotatable bonds is 4. The van der Waals surface area contributed by atoms with Crippen LogP contribution in [0.5, 0.6) is 0 Å². The number of amides is 1. The van der Waals surface area contributed by atoms with E-state index in [-0.39, 0.29) is 12.3 Å². The summed E-state index contributed by atoms with van der Waals surface area (Å²) in [6, 6.07) is 11.8. The predicted octanol–water partition coefficient (Wildman–Crippen LogP) is 2.71. The van der Waals surface area contributed by atoms with Gasteiger partial charge in [-0.2, -0.15) is 0 Å². The first-order valence-corrected chi connectivity index (χ1v) is 5.92. The number of halogens is 1. The van der Waals surface area contributed by atoms with E-state index in [0.29, 0.717) is 16.8 Å². The van der Waals surface area contributed by atoms with Gasteiger partial charge in [-0.25, -0.2) is 4.39 Å². The molecule has 0 saturated heterocycles. The fourth-order valence-corrected chi connectivity index (χ4v) is 1.74. The zero-order valence-corrected chi connectivity index (χ0v) is 10.5. The second-order valence-electron chi connectivity index (χ2n) is 4.23. The van der Waals surface area contributed by atoms with Crippen LogP contribution in [0, 0.1) is 5.82 Å². The van der Waals surface area contributed by atoms with Gasteiger partial charge in [0.2, 0.25) is 0 Å². The maximum atomic E-state index is 12.8. The molecule has 2 rings (SSSR count). The fraction of sp³-hybridized carbons (Fsp3) is 0.0667. The van der Waals surface area contributed by atoms with E-state index in [0.717, 1.165) is 0 Å². The van der Waals surface area contributed by atoms with Gasteiger partial charge in [0, 0.05) is 11.3 Å². The van der Waals surface area contributed by atoms with Crippen LogP contribution in [0.15, 0.2) is 48.5 Å². The quantitative estimate of drug-likeness (QED) is 0.900. The zero-order valence-electron chi connectivity index (χ0n) is 10.5. The van der Waals surface area contributed by atoms with Gasteiger partial charge in [-0.1, -0.05) is 12.1 Å². The Morgan fingerprint density at radius 3 is 2.45 bits per heavy atom. The summed E-state index contributed by atoms with van der Waals surface area (Å²) >= 11 is 0. The Bertz CT molecular complexity index is 638. The average Bonchev–Trinajstić information content (AvgIpc) is 2.39. The number of carboxylic acids is 1. The number of anilines is 1. The highest BCUT2D eigenvalue weighted by Crippen LogP contribution is 2.13. The van der Waals surface area contributed by atoms with Crippen LogP contribution in [-0.4, -0.2) is 17.0 Å². The summed E-state index contributed by atoms with van der Waals surface area (Å²) in [5.41, 5.74) is 1.42. The van der Waals surface area contributed by atoms with Gasteiger partial charge in [-0.3, -0.25) is 9.59 Å². The van der Waals surface area contributed by atoms with Gasteiger partial charge in [0.05, 0.1) is 6.42 Å². The van der Waals surface area contributed by atoms with Crippen LogP contribution >= 0.6 is 0 Å². The summed E-state index contributed by atoms with van der Waals surface area (Å²) in [5, 5.41) is 11.4. The largest absolute Gasteiger partial charge is 0.481 e. The summed E-state index contributed by atoms with van der Waals surface area (Å²) in [6.07, 6.45) is -0.111. The smallest absolute Gasteiger partial charge is 0.307 e. The van der Waals surface area contributed by atoms with Gasteiger partial charge in [0.25, 0.3) is 5.91 Å². The molecule has 0 saturated carbocycles. The third-order valence-corrected chi connectivity index (χ3v) is 2.65. The summed E-state index contributed by atoms with van der Waals surface area (Å²) in [4.78, 5) is 22.5. The molecule has 0 aliphatic rings. The lowest BCUT2D eigenvalue weighted by molar-refractivity contribution is -0.136. The Hall–Kier alpha value is -2.69. The first kappa shape index (κ1) is 13.7. The molecule has 0 heterocycles. The molecule has 0 fully saturated rings. The molecule has 0 atom stereocenters. The van der Waals surface area contributed by atoms with Crippen LogP contribution < -0.4 is 5.32 Å². The fourth-order valence-electron chi connectivity index (χ4n) is 1.74. The van der Waals surface area contributed by atoms with Crippen molar-refractivity contribution in [1.82, 2.24) is 0 Å². The molecule has 1 amide bonds. The Morgan fingerprint density at radius 2 is 1.80 bits per heavy atom. The minimum atomic E-state index is -0.938. The third-order valence-electron chi connectivity index (χ3n) is 2.65. The molecule has 0 bridgehead atoms. The molecule has 0 unspecified atom stereocenters. The summed E-state index contributed by atoms with van der Waals surface area (Å²) in [7, 11) is 0. The average molecular weight is 273 g/mol. The van der Waals surface area contributed by atoms with Crippen molar-refractivity contribution in [2.75, 3.05) is 5.32 Å². The molecule has 102 valence electrons. The topological polar surface area (TPSA) is 66.4 Å². The highest BCUT2D eigenvalue weighted by molar-refractivity contribution is 6.04. The SMILES string of the molecule is O=C(O)Cc1cccc(NC(=O)c2ccc(F)cc2)c1. The van der Waals surface area contributed by atoms with Crippen molar-refractivity contribution in [3.63, 3.8) is 0 Å². The van der Waals surface area contributed by atoms with E-state index in [1.54, 1.807) is 24.3 Å². The number of nitrogens with one attached hydrogen (secondary N) is 1. The van der Waals surface area contributed by atoms with Crippen LogP contribution in [0.3, 0.4) is 0 Å². The van der Waals surface area contributed by atoms with Gasteiger partial charge >= 0.3 is 5.97 Å². The highest BCUT2D eigenvalue weighted by Gasteiger charge is 2.07. The predicted molar refractivity (Wildman–Crippen MR) is 72.1 cm³/mol. The van der Waals surface area contributed by atoms with Gasteiger partial charge in [0.15, 0.2) is 0 Å². The van der Waals surface area contributed by atoms with Gasteiger partial charge < -0.3 is 10.4 Å². The van der Waals surface area contributed by atoms with Crippen molar-refractivity contribution in [3.05, 3.63) is 65.5 Å². The molecule has 0 aliphatic carbocycles. The first-order chi connectivity index (χ1) is 9.54. The second-order valence-corrected chi connectivity index (χ2v) is 4.23. The number of benzene rings is 2. The monoisotopic (exact) mass is 273 g/mol. The standard InChI is InChI=1S/C15H12FNO3/c16-12-6-4-11(5-7-12)15(20)17-13-3-1-2-10(8-13)9-14(18)19/h1-8H,9H2,(H,17,20)(H,18,19). The Morgan fingerprint density at radius 1 is 1.10 bits per heavy atom. The van der Waals surface area contributed by atoms with Crippen molar-refractivity contribution in [1.29, 1.82) is 0 Å². The minimum Gasteiger partial charge on any atom is -0.481 e. The van der Waals surface area contributed by atoms with Crippen molar-refractivity contribution in [2.24, 2.45) is 0 Å². The maximum Gasteiger partial charge on any atom is 0.307 e. The van der Waals surface area contributed by atoms with Crippen molar-refractivity contribution in [3.8, 4) is 0 Å². The minimum absolute atomic E-state index is 0.111. The van der Waals surface area contributed by atoms with Crippen LogP contribution in [-0.2, 0) is 11.2 Å². The molecule has 4 nitrogen and oxygen atoms in total. The maximum absolute atomic E-state index is 12.8. The number of carbonyl (C=O) groups excluding carboxylic acids is 1. The second kappa shape index (κ2) is 5.97. The summed E-state index contributed by atoms with van der Waals surface area (Å²) in [6.45, 7) is 0. The van der Waals surface area contributed by atoms with Crippen LogP contribution in [0.2, 0.25) is 0 Å². The molecular weight excluding hydrogens is 261 g/mol. The number of aliphatic carboxylic acids is 1. The van der Waals surface area contributed by atoms with E-state index in [1.807, 2.05) is 0 Å². The molecule has 5 heteroatoms. The van der Waals surface area contributed by atoms with E-state index < -0.39 is 11.8 Å². The van der Waals surface area contributed by atoms with E-state index in [9.17, 15) is 14.0 Å². The normalized spacial score (nSPS) is 10.1. The molecule has 0 aromatic heterocycles. The van der Waals surface area contributed by atoms with E-state index in [1.165, 1.54) is 24.3 Å². The molecular formula is C15H12FNO3. The molecule has 20 heavy (non-hydrogen) atoms.